The Morgan fingerprint density at radius 1 is 1.29 bits per heavy atom. The van der Waals surface area contributed by atoms with Crippen molar-refractivity contribution in [3.63, 3.8) is 0 Å². The SMILES string of the molecule is CCN(CCc1c[nH]c2ccccc12)C1CC1. The minimum atomic E-state index is 0.880. The first kappa shape index (κ1) is 10.8. The summed E-state index contributed by atoms with van der Waals surface area (Å²) in [5, 5.41) is 1.39. The number of nitrogens with zero attached hydrogens (tertiary/aromatic N) is 1. The molecule has 0 unspecified atom stereocenters. The largest absolute Gasteiger partial charge is 0.361 e. The first-order valence-electron chi connectivity index (χ1n) is 6.67. The third-order valence-electron chi connectivity index (χ3n) is 3.81. The molecule has 0 bridgehead atoms. The molecule has 1 fully saturated rings. The molecule has 0 atom stereocenters. The lowest BCUT2D eigenvalue weighted by Crippen LogP contribution is -2.27. The number of hydrogen-bond acceptors (Lipinski definition) is 1. The van der Waals surface area contributed by atoms with Gasteiger partial charge in [0.15, 0.2) is 0 Å². The first-order chi connectivity index (χ1) is 8.38. The van der Waals surface area contributed by atoms with Gasteiger partial charge in [0.1, 0.15) is 0 Å². The Kier molecular flexibility index (Phi) is 2.89. The second-order valence-electron chi connectivity index (χ2n) is 4.97. The van der Waals surface area contributed by atoms with Crippen LogP contribution in [0.25, 0.3) is 10.9 Å². The van der Waals surface area contributed by atoms with Crippen LogP contribution in [0.2, 0.25) is 0 Å². The van der Waals surface area contributed by atoms with Gasteiger partial charge in [0.2, 0.25) is 0 Å². The van der Waals surface area contributed by atoms with E-state index in [0.29, 0.717) is 0 Å². The second kappa shape index (κ2) is 4.53. The van der Waals surface area contributed by atoms with E-state index in [0.717, 1.165) is 12.5 Å². The lowest BCUT2D eigenvalue weighted by Gasteiger charge is -2.19. The van der Waals surface area contributed by atoms with Crippen molar-refractivity contribution in [3.05, 3.63) is 36.0 Å². The van der Waals surface area contributed by atoms with Crippen LogP contribution in [0.4, 0.5) is 0 Å². The molecule has 17 heavy (non-hydrogen) atoms. The fourth-order valence-electron chi connectivity index (χ4n) is 2.64. The zero-order valence-corrected chi connectivity index (χ0v) is 10.4. The summed E-state index contributed by atoms with van der Waals surface area (Å²) in [5.74, 6) is 0. The summed E-state index contributed by atoms with van der Waals surface area (Å²) in [6, 6.07) is 9.46. The molecule has 0 aliphatic heterocycles. The van der Waals surface area contributed by atoms with Crippen molar-refractivity contribution in [2.75, 3.05) is 13.1 Å². The third-order valence-corrected chi connectivity index (χ3v) is 3.81. The average Bonchev–Trinajstić information content (AvgIpc) is 3.12. The smallest absolute Gasteiger partial charge is 0.0456 e. The van der Waals surface area contributed by atoms with E-state index in [2.05, 4.69) is 47.3 Å². The molecule has 1 N–H and O–H groups in total. The fourth-order valence-corrected chi connectivity index (χ4v) is 2.64. The number of fused-ring (bicyclic) bond motifs is 1. The van der Waals surface area contributed by atoms with Gasteiger partial charge in [-0.3, -0.25) is 0 Å². The number of H-pyrrole nitrogens is 1. The minimum Gasteiger partial charge on any atom is -0.361 e. The fraction of sp³-hybridized carbons (Fsp3) is 0.467. The van der Waals surface area contributed by atoms with E-state index in [4.69, 9.17) is 0 Å². The molecule has 1 aromatic carbocycles. The van der Waals surface area contributed by atoms with Crippen LogP contribution in [0, 0.1) is 0 Å². The molecule has 1 aromatic heterocycles. The zero-order valence-electron chi connectivity index (χ0n) is 10.4. The highest BCUT2D eigenvalue weighted by atomic mass is 15.2. The molecule has 2 heteroatoms. The average molecular weight is 228 g/mol. The lowest BCUT2D eigenvalue weighted by atomic mass is 10.1. The van der Waals surface area contributed by atoms with Crippen LogP contribution in [0.5, 0.6) is 0 Å². The molecule has 2 nitrogen and oxygen atoms in total. The van der Waals surface area contributed by atoms with Gasteiger partial charge in [-0.2, -0.15) is 0 Å². The van der Waals surface area contributed by atoms with Gasteiger partial charge in [0.25, 0.3) is 0 Å². The summed E-state index contributed by atoms with van der Waals surface area (Å²) in [6.45, 7) is 4.66. The summed E-state index contributed by atoms with van der Waals surface area (Å²) >= 11 is 0. The number of aromatic nitrogens is 1. The zero-order chi connectivity index (χ0) is 11.7. The molecule has 0 saturated heterocycles. The van der Waals surface area contributed by atoms with Gasteiger partial charge in [-0.05, 0) is 37.4 Å². The molecule has 1 aliphatic carbocycles. The molecule has 90 valence electrons. The summed E-state index contributed by atoms with van der Waals surface area (Å²) in [4.78, 5) is 5.97. The summed E-state index contributed by atoms with van der Waals surface area (Å²) in [7, 11) is 0. The van der Waals surface area contributed by atoms with Crippen LogP contribution in [0.3, 0.4) is 0 Å². The molecule has 0 spiro atoms. The monoisotopic (exact) mass is 228 g/mol. The second-order valence-corrected chi connectivity index (χ2v) is 4.97. The van der Waals surface area contributed by atoms with Gasteiger partial charge in [-0.1, -0.05) is 25.1 Å². The van der Waals surface area contributed by atoms with Crippen LogP contribution in [0.1, 0.15) is 25.3 Å². The van der Waals surface area contributed by atoms with Gasteiger partial charge in [-0.15, -0.1) is 0 Å². The highest BCUT2D eigenvalue weighted by Gasteiger charge is 2.27. The van der Waals surface area contributed by atoms with Crippen LogP contribution < -0.4 is 0 Å². The van der Waals surface area contributed by atoms with Crippen molar-refractivity contribution < 1.29 is 0 Å². The van der Waals surface area contributed by atoms with E-state index >= 15 is 0 Å². The standard InChI is InChI=1S/C15H20N2/c1-2-17(13-7-8-13)10-9-12-11-16-15-6-4-3-5-14(12)15/h3-6,11,13,16H,2,7-10H2,1H3. The Morgan fingerprint density at radius 2 is 2.12 bits per heavy atom. The number of hydrogen-bond donors (Lipinski definition) is 1. The summed E-state index contributed by atoms with van der Waals surface area (Å²) in [5.41, 5.74) is 2.72. The van der Waals surface area contributed by atoms with Crippen LogP contribution in [-0.4, -0.2) is 29.0 Å². The van der Waals surface area contributed by atoms with Crippen molar-refractivity contribution in [2.24, 2.45) is 0 Å². The molecule has 0 amide bonds. The highest BCUT2D eigenvalue weighted by Crippen LogP contribution is 2.27. The Labute approximate surface area is 103 Å². The Balaban J connectivity index is 1.71. The topological polar surface area (TPSA) is 19.0 Å². The summed E-state index contributed by atoms with van der Waals surface area (Å²) < 4.78 is 0. The first-order valence-corrected chi connectivity index (χ1v) is 6.67. The Hall–Kier alpha value is -1.28. The molecule has 1 aliphatic rings. The van der Waals surface area contributed by atoms with Crippen LogP contribution >= 0.6 is 0 Å². The Morgan fingerprint density at radius 3 is 2.88 bits per heavy atom. The van der Waals surface area contributed by atoms with Crippen molar-refractivity contribution in [1.82, 2.24) is 9.88 Å². The van der Waals surface area contributed by atoms with E-state index in [1.807, 2.05) is 0 Å². The maximum absolute atomic E-state index is 3.36. The molecular weight excluding hydrogens is 208 g/mol. The maximum Gasteiger partial charge on any atom is 0.0456 e. The number of benzene rings is 1. The molecule has 1 heterocycles. The van der Waals surface area contributed by atoms with E-state index in [-0.39, 0.29) is 0 Å². The number of rotatable bonds is 5. The quantitative estimate of drug-likeness (QED) is 0.832. The van der Waals surface area contributed by atoms with E-state index in [1.54, 1.807) is 0 Å². The molecule has 0 radical (unpaired) electrons. The summed E-state index contributed by atoms with van der Waals surface area (Å²) in [6.07, 6.45) is 6.14. The van der Waals surface area contributed by atoms with E-state index in [9.17, 15) is 0 Å². The predicted octanol–water partition coefficient (Wildman–Crippen LogP) is 3.19. The predicted molar refractivity (Wildman–Crippen MR) is 72.3 cm³/mol. The number of para-hydroxylation sites is 1. The van der Waals surface area contributed by atoms with E-state index in [1.165, 1.54) is 42.4 Å². The van der Waals surface area contributed by atoms with Gasteiger partial charge in [-0.25, -0.2) is 0 Å². The minimum absolute atomic E-state index is 0.880. The van der Waals surface area contributed by atoms with Gasteiger partial charge in [0.05, 0.1) is 0 Å². The Bertz CT molecular complexity index is 496. The molecule has 2 aromatic rings. The maximum atomic E-state index is 3.36. The van der Waals surface area contributed by atoms with Crippen molar-refractivity contribution in [2.45, 2.75) is 32.2 Å². The number of likely N-dealkylation sites (N-methyl/N-ethyl adjacent to an activating group) is 1. The van der Waals surface area contributed by atoms with Gasteiger partial charge < -0.3 is 9.88 Å². The normalized spacial score (nSPS) is 15.9. The van der Waals surface area contributed by atoms with Crippen molar-refractivity contribution >= 4 is 10.9 Å². The lowest BCUT2D eigenvalue weighted by molar-refractivity contribution is 0.282. The third kappa shape index (κ3) is 2.22. The van der Waals surface area contributed by atoms with Crippen LogP contribution in [-0.2, 0) is 6.42 Å². The molecule has 3 rings (SSSR count). The van der Waals surface area contributed by atoms with Crippen LogP contribution in [0.15, 0.2) is 30.5 Å². The van der Waals surface area contributed by atoms with Crippen molar-refractivity contribution in [3.8, 4) is 0 Å². The molecular formula is C15H20N2. The number of nitrogens with one attached hydrogen (secondary N) is 1. The van der Waals surface area contributed by atoms with Crippen molar-refractivity contribution in [1.29, 1.82) is 0 Å². The van der Waals surface area contributed by atoms with E-state index < -0.39 is 0 Å². The molecule has 1 saturated carbocycles. The van der Waals surface area contributed by atoms with Gasteiger partial charge in [0, 0.05) is 29.7 Å². The highest BCUT2D eigenvalue weighted by molar-refractivity contribution is 5.83. The number of aromatic amines is 1. The van der Waals surface area contributed by atoms with Gasteiger partial charge >= 0.3 is 0 Å².